The van der Waals surface area contributed by atoms with Crippen molar-refractivity contribution >= 4 is 40.9 Å². The third-order valence-electron chi connectivity index (χ3n) is 6.52. The molecule has 3 aromatic carbocycles. The van der Waals surface area contributed by atoms with Crippen LogP contribution in [0.3, 0.4) is 0 Å². The number of nitrogens with zero attached hydrogens (tertiary/aromatic N) is 2. The lowest BCUT2D eigenvalue weighted by atomic mass is 9.98. The molecule has 0 bridgehead atoms. The van der Waals surface area contributed by atoms with Crippen LogP contribution in [0, 0.1) is 20.3 Å². The van der Waals surface area contributed by atoms with E-state index >= 15 is 0 Å². The molecule has 2 heterocycles. The Labute approximate surface area is 206 Å². The summed E-state index contributed by atoms with van der Waals surface area (Å²) in [5.74, 6) is 0. The van der Waals surface area contributed by atoms with Gasteiger partial charge >= 0.3 is 0 Å². The maximum Gasteiger partial charge on any atom is 0.216 e. The molecule has 0 fully saturated rings. The van der Waals surface area contributed by atoms with E-state index in [4.69, 9.17) is 15.1 Å². The highest BCUT2D eigenvalue weighted by Gasteiger charge is 2.27. The summed E-state index contributed by atoms with van der Waals surface area (Å²) in [6, 6.07) is 19.9. The fourth-order valence-corrected chi connectivity index (χ4v) is 6.25. The van der Waals surface area contributed by atoms with Gasteiger partial charge in [0.25, 0.3) is 0 Å². The molecule has 0 atom stereocenters. The number of rotatable bonds is 3. The molecule has 5 rings (SSSR count). The minimum absolute atomic E-state index is 0.417. The Morgan fingerprint density at radius 2 is 1.59 bits per heavy atom. The molecule has 0 aliphatic heterocycles. The van der Waals surface area contributed by atoms with Crippen LogP contribution in [0.15, 0.2) is 71.3 Å². The Morgan fingerprint density at radius 3 is 2.24 bits per heavy atom. The van der Waals surface area contributed by atoms with Gasteiger partial charge in [-0.05, 0) is 30.1 Å². The van der Waals surface area contributed by atoms with Crippen LogP contribution in [-0.4, -0.2) is 8.07 Å². The lowest BCUT2D eigenvalue weighted by Gasteiger charge is -2.19. The van der Waals surface area contributed by atoms with Crippen LogP contribution < -0.4 is 9.75 Å². The van der Waals surface area contributed by atoms with Crippen molar-refractivity contribution in [2.24, 2.45) is 7.05 Å². The molecule has 2 aromatic heterocycles. The number of pyridine rings is 1. The molecule has 34 heavy (non-hydrogen) atoms. The molecule has 5 aromatic rings. The van der Waals surface area contributed by atoms with Gasteiger partial charge in [0.15, 0.2) is 11.9 Å². The number of hydrogen-bond acceptors (Lipinski definition) is 1. The number of hydrogen-bond donors (Lipinski definition) is 0. The fraction of sp³-hybridized carbons (Fsp3) is 0.200. The van der Waals surface area contributed by atoms with Gasteiger partial charge in [-0.3, -0.25) is 0 Å². The van der Waals surface area contributed by atoms with Gasteiger partial charge in [0, 0.05) is 32.1 Å². The predicted octanol–water partition coefficient (Wildman–Crippen LogP) is 7.46. The van der Waals surface area contributed by atoms with E-state index in [1.54, 1.807) is 6.20 Å². The van der Waals surface area contributed by atoms with E-state index in [0.717, 1.165) is 49.5 Å². The van der Waals surface area contributed by atoms with E-state index in [1.165, 1.54) is 0 Å². The van der Waals surface area contributed by atoms with E-state index in [1.807, 2.05) is 54.1 Å². The quantitative estimate of drug-likeness (QED) is 0.154. The highest BCUT2D eigenvalue weighted by Crippen LogP contribution is 2.44. The molecule has 0 spiro atoms. The van der Waals surface area contributed by atoms with Gasteiger partial charge in [-0.15, -0.1) is 0 Å². The average molecular weight is 465 g/mol. The van der Waals surface area contributed by atoms with Crippen LogP contribution in [0.5, 0.6) is 0 Å². The zero-order chi connectivity index (χ0) is 26.7. The van der Waals surface area contributed by atoms with Crippen LogP contribution in [0.1, 0.15) is 15.2 Å². The standard InChI is InChI=1S/C30H29N2OSi/c1-19-13-14-22-23-15-16-24(31-3)28(21-11-9-8-10-12-21)30(23)33-29(22)27(19)25-17-26(34(5,6)7)20(2)18-32(25)4/h8-18H,1-2,4-7H3/q+1/i2D3. The molecule has 4 heteroatoms. The first kappa shape index (κ1) is 18.7. The first-order valence-corrected chi connectivity index (χ1v) is 14.9. The number of benzene rings is 3. The van der Waals surface area contributed by atoms with E-state index in [9.17, 15) is 0 Å². The molecule has 0 aliphatic rings. The lowest BCUT2D eigenvalue weighted by Crippen LogP contribution is -2.44. The van der Waals surface area contributed by atoms with Crippen molar-refractivity contribution in [3.8, 4) is 22.4 Å². The van der Waals surface area contributed by atoms with Crippen molar-refractivity contribution in [2.75, 3.05) is 0 Å². The predicted molar refractivity (Wildman–Crippen MR) is 144 cm³/mol. The van der Waals surface area contributed by atoms with Crippen molar-refractivity contribution < 1.29 is 13.1 Å². The lowest BCUT2D eigenvalue weighted by molar-refractivity contribution is -0.660. The third kappa shape index (κ3) is 3.45. The fourth-order valence-electron chi connectivity index (χ4n) is 4.80. The summed E-state index contributed by atoms with van der Waals surface area (Å²) in [5.41, 5.74) is 7.02. The molecular weight excluding hydrogens is 432 g/mol. The van der Waals surface area contributed by atoms with E-state index < -0.39 is 14.9 Å². The minimum Gasteiger partial charge on any atom is -0.456 e. The molecule has 0 saturated heterocycles. The largest absolute Gasteiger partial charge is 0.456 e. The van der Waals surface area contributed by atoms with Crippen LogP contribution in [0.25, 0.3) is 49.2 Å². The Balaban J connectivity index is 1.89. The summed E-state index contributed by atoms with van der Waals surface area (Å²) in [6.45, 7) is 14.2. The van der Waals surface area contributed by atoms with Gasteiger partial charge in [0.05, 0.1) is 20.2 Å². The van der Waals surface area contributed by atoms with Gasteiger partial charge in [-0.2, -0.15) is 0 Å². The highest BCUT2D eigenvalue weighted by atomic mass is 28.3. The van der Waals surface area contributed by atoms with Crippen LogP contribution in [-0.2, 0) is 7.05 Å². The maximum absolute atomic E-state index is 8.16. The van der Waals surface area contributed by atoms with E-state index in [-0.39, 0.29) is 0 Å². The summed E-state index contributed by atoms with van der Waals surface area (Å²) >= 11 is 0. The summed E-state index contributed by atoms with van der Waals surface area (Å²) in [6.07, 6.45) is 1.77. The molecule has 0 amide bonds. The summed E-state index contributed by atoms with van der Waals surface area (Å²) in [5, 5.41) is 2.85. The molecule has 0 saturated carbocycles. The average Bonchev–Trinajstić information content (AvgIpc) is 3.21. The first-order valence-electron chi connectivity index (χ1n) is 12.9. The molecule has 0 N–H and O–H groups in total. The van der Waals surface area contributed by atoms with Crippen molar-refractivity contribution in [1.82, 2.24) is 0 Å². The van der Waals surface area contributed by atoms with E-state index in [2.05, 4.69) is 49.6 Å². The Morgan fingerprint density at radius 1 is 0.912 bits per heavy atom. The second-order valence-electron chi connectivity index (χ2n) is 9.90. The van der Waals surface area contributed by atoms with Gasteiger partial charge in [-0.25, -0.2) is 9.41 Å². The summed E-state index contributed by atoms with van der Waals surface area (Å²) in [4.78, 5) is 3.79. The highest BCUT2D eigenvalue weighted by molar-refractivity contribution is 6.89. The zero-order valence-corrected chi connectivity index (χ0v) is 21.2. The van der Waals surface area contributed by atoms with Gasteiger partial charge in [0.2, 0.25) is 5.69 Å². The number of fused-ring (bicyclic) bond motifs is 3. The molecule has 0 radical (unpaired) electrons. The monoisotopic (exact) mass is 464 g/mol. The minimum atomic E-state index is -2.19. The number of furan rings is 1. The number of aryl methyl sites for hydroxylation is 3. The van der Waals surface area contributed by atoms with E-state index in [0.29, 0.717) is 16.8 Å². The molecule has 3 nitrogen and oxygen atoms in total. The SMILES string of the molecule is [2H]C([2H])([2H])c1c[n+](C)c(-c2c(C)ccc3c2oc2c(-c4ccccc4)c([N+]#[C-])ccc23)cc1[Si](C)(C)C. The van der Waals surface area contributed by atoms with Gasteiger partial charge < -0.3 is 4.42 Å². The Hall–Kier alpha value is -3.68. The van der Waals surface area contributed by atoms with Gasteiger partial charge in [-0.1, -0.05) is 74.2 Å². The maximum atomic E-state index is 8.16. The second kappa shape index (κ2) is 7.97. The summed E-state index contributed by atoms with van der Waals surface area (Å²) < 4.78 is 33.0. The smallest absolute Gasteiger partial charge is 0.216 e. The van der Waals surface area contributed by atoms with Crippen molar-refractivity contribution in [3.63, 3.8) is 0 Å². The van der Waals surface area contributed by atoms with Crippen LogP contribution in [0.2, 0.25) is 19.6 Å². The van der Waals surface area contributed by atoms with Crippen molar-refractivity contribution in [1.29, 1.82) is 0 Å². The normalized spacial score (nSPS) is 13.5. The Kier molecular flexibility index (Phi) is 4.38. The zero-order valence-electron chi connectivity index (χ0n) is 23.2. The van der Waals surface area contributed by atoms with Crippen molar-refractivity contribution in [2.45, 2.75) is 33.4 Å². The number of aromatic nitrogens is 1. The van der Waals surface area contributed by atoms with Gasteiger partial charge in [0.1, 0.15) is 18.2 Å². The van der Waals surface area contributed by atoms with Crippen LogP contribution >= 0.6 is 0 Å². The molecular formula is C30H29N2OSi+. The summed E-state index contributed by atoms with van der Waals surface area (Å²) in [7, 11) is -0.0994. The topological polar surface area (TPSA) is 21.4 Å². The molecule has 0 unspecified atom stereocenters. The third-order valence-corrected chi connectivity index (χ3v) is 8.55. The second-order valence-corrected chi connectivity index (χ2v) is 14.9. The molecule has 168 valence electrons. The first-order chi connectivity index (χ1) is 17.4. The van der Waals surface area contributed by atoms with Crippen LogP contribution in [0.4, 0.5) is 5.69 Å². The Bertz CT molecular complexity index is 1720. The molecule has 0 aliphatic carbocycles. The van der Waals surface area contributed by atoms with Crippen molar-refractivity contribution in [3.05, 3.63) is 89.4 Å².